The van der Waals surface area contributed by atoms with Gasteiger partial charge in [-0.05, 0) is 36.2 Å². The molecule has 0 bridgehead atoms. The molecule has 8 heteroatoms. The molecule has 8 nitrogen and oxygen atoms in total. The molecule has 1 aromatic carbocycles. The molecule has 182 valence electrons. The predicted octanol–water partition coefficient (Wildman–Crippen LogP) is 2.29. The van der Waals surface area contributed by atoms with Gasteiger partial charge >= 0.3 is 5.97 Å². The predicted molar refractivity (Wildman–Crippen MR) is 125 cm³/mol. The van der Waals surface area contributed by atoms with Crippen LogP contribution in [0.2, 0.25) is 0 Å². The number of carbonyl (C=O) groups is 4. The van der Waals surface area contributed by atoms with Gasteiger partial charge in [0.15, 0.2) is 0 Å². The van der Waals surface area contributed by atoms with Crippen LogP contribution in [-0.4, -0.2) is 49.4 Å². The zero-order valence-electron chi connectivity index (χ0n) is 20.3. The molecule has 0 radical (unpaired) electrons. The molecule has 1 aliphatic heterocycles. The van der Waals surface area contributed by atoms with Crippen molar-refractivity contribution >= 4 is 23.7 Å². The molecule has 1 fully saturated rings. The smallest absolute Gasteiger partial charge is 0.328 e. The number of hydrogen-bond acceptors (Lipinski definition) is 5. The number of esters is 1. The molecule has 0 unspecified atom stereocenters. The molecule has 0 saturated carbocycles. The number of hydrogen-bond donors (Lipinski definition) is 3. The Hall–Kier alpha value is -2.90. The first-order valence-corrected chi connectivity index (χ1v) is 11.5. The molecule has 0 aromatic heterocycles. The zero-order chi connectivity index (χ0) is 24.6. The van der Waals surface area contributed by atoms with Crippen LogP contribution in [0, 0.1) is 11.3 Å². The molecule has 1 heterocycles. The molecular weight excluding hydrogens is 422 g/mol. The molecule has 3 amide bonds. The van der Waals surface area contributed by atoms with Gasteiger partial charge in [-0.25, -0.2) is 4.79 Å². The van der Waals surface area contributed by atoms with Crippen molar-refractivity contribution in [2.45, 2.75) is 71.4 Å². The second-order valence-corrected chi connectivity index (χ2v) is 10.00. The van der Waals surface area contributed by atoms with Crippen LogP contribution in [0.15, 0.2) is 30.3 Å². The Kier molecular flexibility index (Phi) is 9.44. The SMILES string of the molecule is COC(=O)[C@H](C[C@@H]1CCNC1=O)NC(=O)[C@H](CC(C)(C)C)NC(=O)C[C@H](C)c1ccccc1. The van der Waals surface area contributed by atoms with Gasteiger partial charge in [0.1, 0.15) is 12.1 Å². The Morgan fingerprint density at radius 3 is 2.33 bits per heavy atom. The van der Waals surface area contributed by atoms with E-state index in [1.807, 2.05) is 58.0 Å². The largest absolute Gasteiger partial charge is 0.467 e. The lowest BCUT2D eigenvalue weighted by Crippen LogP contribution is -2.53. The lowest BCUT2D eigenvalue weighted by atomic mass is 9.87. The van der Waals surface area contributed by atoms with Crippen LogP contribution >= 0.6 is 0 Å². The summed E-state index contributed by atoms with van der Waals surface area (Å²) in [4.78, 5) is 50.2. The minimum absolute atomic E-state index is 0.00626. The van der Waals surface area contributed by atoms with Gasteiger partial charge in [0.25, 0.3) is 0 Å². The maximum Gasteiger partial charge on any atom is 0.328 e. The van der Waals surface area contributed by atoms with Crippen LogP contribution in [0.3, 0.4) is 0 Å². The van der Waals surface area contributed by atoms with Crippen molar-refractivity contribution < 1.29 is 23.9 Å². The van der Waals surface area contributed by atoms with Gasteiger partial charge in [0.2, 0.25) is 17.7 Å². The van der Waals surface area contributed by atoms with E-state index in [-0.39, 0.29) is 41.9 Å². The fourth-order valence-corrected chi connectivity index (χ4v) is 4.04. The summed E-state index contributed by atoms with van der Waals surface area (Å²) in [5, 5.41) is 8.31. The summed E-state index contributed by atoms with van der Waals surface area (Å²) in [7, 11) is 1.25. The maximum atomic E-state index is 13.2. The Morgan fingerprint density at radius 2 is 1.79 bits per heavy atom. The van der Waals surface area contributed by atoms with E-state index in [4.69, 9.17) is 4.74 Å². The number of rotatable bonds is 10. The molecule has 4 atom stereocenters. The van der Waals surface area contributed by atoms with Crippen molar-refractivity contribution in [3.8, 4) is 0 Å². The van der Waals surface area contributed by atoms with Gasteiger partial charge in [0.05, 0.1) is 7.11 Å². The molecule has 1 aromatic rings. The average Bonchev–Trinajstić information content (AvgIpc) is 3.16. The molecule has 0 spiro atoms. The summed E-state index contributed by atoms with van der Waals surface area (Å²) in [5.74, 6) is -1.81. The number of methoxy groups -OCH3 is 1. The first-order valence-electron chi connectivity index (χ1n) is 11.5. The third kappa shape index (κ3) is 8.51. The summed E-state index contributed by atoms with van der Waals surface area (Å²) in [6, 6.07) is 7.94. The number of amides is 3. The Balaban J connectivity index is 2.08. The first kappa shape index (κ1) is 26.4. The van der Waals surface area contributed by atoms with Crippen LogP contribution in [-0.2, 0) is 23.9 Å². The number of carbonyl (C=O) groups excluding carboxylic acids is 4. The molecule has 1 aliphatic rings. The topological polar surface area (TPSA) is 114 Å². The minimum Gasteiger partial charge on any atom is -0.467 e. The molecule has 3 N–H and O–H groups in total. The highest BCUT2D eigenvalue weighted by Gasteiger charge is 2.34. The Bertz CT molecular complexity index is 834. The van der Waals surface area contributed by atoms with Gasteiger partial charge in [0, 0.05) is 18.9 Å². The van der Waals surface area contributed by atoms with E-state index < -0.39 is 24.0 Å². The fourth-order valence-electron chi connectivity index (χ4n) is 4.04. The van der Waals surface area contributed by atoms with Crippen molar-refractivity contribution in [2.75, 3.05) is 13.7 Å². The lowest BCUT2D eigenvalue weighted by Gasteiger charge is -2.28. The number of ether oxygens (including phenoxy) is 1. The maximum absolute atomic E-state index is 13.2. The standard InChI is InChI=1S/C25H37N3O5/c1-16(17-9-7-6-8-10-17)13-21(29)27-20(15-25(2,3)4)23(31)28-19(24(32)33-5)14-18-11-12-26-22(18)30/h6-10,16,18-20H,11-15H2,1-5H3,(H,26,30)(H,27,29)(H,28,31)/t16-,18-,19-,20-/m0/s1. The highest BCUT2D eigenvalue weighted by molar-refractivity contribution is 5.91. The third-order valence-electron chi connectivity index (χ3n) is 5.81. The van der Waals surface area contributed by atoms with Crippen LogP contribution < -0.4 is 16.0 Å². The van der Waals surface area contributed by atoms with Crippen molar-refractivity contribution in [3.63, 3.8) is 0 Å². The Labute approximate surface area is 196 Å². The van der Waals surface area contributed by atoms with Crippen LogP contribution in [0.5, 0.6) is 0 Å². The summed E-state index contributed by atoms with van der Waals surface area (Å²) in [6.45, 7) is 8.45. The van der Waals surface area contributed by atoms with E-state index in [2.05, 4.69) is 16.0 Å². The van der Waals surface area contributed by atoms with Crippen molar-refractivity contribution in [1.82, 2.24) is 16.0 Å². The number of benzene rings is 1. The second kappa shape index (κ2) is 11.8. The molecule has 2 rings (SSSR count). The fraction of sp³-hybridized carbons (Fsp3) is 0.600. The van der Waals surface area contributed by atoms with E-state index in [1.165, 1.54) is 7.11 Å². The van der Waals surface area contributed by atoms with Crippen LogP contribution in [0.25, 0.3) is 0 Å². The van der Waals surface area contributed by atoms with Crippen molar-refractivity contribution in [3.05, 3.63) is 35.9 Å². The molecule has 33 heavy (non-hydrogen) atoms. The van der Waals surface area contributed by atoms with Gasteiger partial charge in [-0.2, -0.15) is 0 Å². The average molecular weight is 460 g/mol. The van der Waals surface area contributed by atoms with E-state index in [9.17, 15) is 19.2 Å². The second-order valence-electron chi connectivity index (χ2n) is 10.00. The molecule has 1 saturated heterocycles. The van der Waals surface area contributed by atoms with E-state index in [0.29, 0.717) is 19.4 Å². The highest BCUT2D eigenvalue weighted by Crippen LogP contribution is 2.23. The van der Waals surface area contributed by atoms with E-state index >= 15 is 0 Å². The minimum atomic E-state index is -0.959. The van der Waals surface area contributed by atoms with E-state index in [1.54, 1.807) is 0 Å². The van der Waals surface area contributed by atoms with Gasteiger partial charge in [-0.1, -0.05) is 58.0 Å². The third-order valence-corrected chi connectivity index (χ3v) is 5.81. The number of nitrogens with one attached hydrogen (secondary N) is 3. The molecular formula is C25H37N3O5. The Morgan fingerprint density at radius 1 is 1.12 bits per heavy atom. The summed E-state index contributed by atoms with van der Waals surface area (Å²) in [6.07, 6.45) is 1.38. The summed E-state index contributed by atoms with van der Waals surface area (Å²) in [5.41, 5.74) is 0.803. The first-order chi connectivity index (χ1) is 15.5. The monoisotopic (exact) mass is 459 g/mol. The van der Waals surface area contributed by atoms with Crippen molar-refractivity contribution in [2.24, 2.45) is 11.3 Å². The normalized spacial score (nSPS) is 18.6. The van der Waals surface area contributed by atoms with Gasteiger partial charge < -0.3 is 20.7 Å². The van der Waals surface area contributed by atoms with Gasteiger partial charge in [-0.15, -0.1) is 0 Å². The zero-order valence-corrected chi connectivity index (χ0v) is 20.3. The van der Waals surface area contributed by atoms with Crippen LogP contribution in [0.4, 0.5) is 0 Å². The van der Waals surface area contributed by atoms with Crippen LogP contribution in [0.1, 0.15) is 64.9 Å². The summed E-state index contributed by atoms with van der Waals surface area (Å²) < 4.78 is 4.85. The summed E-state index contributed by atoms with van der Waals surface area (Å²) >= 11 is 0. The molecule has 0 aliphatic carbocycles. The van der Waals surface area contributed by atoms with Crippen molar-refractivity contribution in [1.29, 1.82) is 0 Å². The quantitative estimate of drug-likeness (QED) is 0.465. The van der Waals surface area contributed by atoms with E-state index in [0.717, 1.165) is 5.56 Å². The lowest BCUT2D eigenvalue weighted by molar-refractivity contribution is -0.146. The highest BCUT2D eigenvalue weighted by atomic mass is 16.5. The van der Waals surface area contributed by atoms with Gasteiger partial charge in [-0.3, -0.25) is 14.4 Å².